The van der Waals surface area contributed by atoms with E-state index in [-0.39, 0.29) is 0 Å². The maximum absolute atomic E-state index is 3.75. The maximum atomic E-state index is 3.75. The van der Waals surface area contributed by atoms with E-state index in [0.29, 0.717) is 6.04 Å². The summed E-state index contributed by atoms with van der Waals surface area (Å²) in [5.41, 5.74) is 0. The molecule has 2 nitrogen and oxygen atoms in total. The molecule has 2 unspecified atom stereocenters. The van der Waals surface area contributed by atoms with Crippen molar-refractivity contribution >= 4 is 0 Å². The van der Waals surface area contributed by atoms with Gasteiger partial charge in [0.1, 0.15) is 0 Å². The minimum absolute atomic E-state index is 0.663. The first-order valence-corrected chi connectivity index (χ1v) is 7.98. The van der Waals surface area contributed by atoms with Gasteiger partial charge < -0.3 is 5.32 Å². The van der Waals surface area contributed by atoms with Gasteiger partial charge in [0.2, 0.25) is 0 Å². The van der Waals surface area contributed by atoms with Crippen LogP contribution in [0.25, 0.3) is 0 Å². The van der Waals surface area contributed by atoms with Crippen LogP contribution in [0.3, 0.4) is 0 Å². The Morgan fingerprint density at radius 2 is 1.56 bits per heavy atom. The van der Waals surface area contributed by atoms with Crippen LogP contribution in [-0.4, -0.2) is 36.6 Å². The Morgan fingerprint density at radius 1 is 0.944 bits per heavy atom. The third-order valence-electron chi connectivity index (χ3n) is 4.23. The second-order valence-electron chi connectivity index (χ2n) is 6.83. The molecule has 1 aliphatic heterocycles. The summed E-state index contributed by atoms with van der Waals surface area (Å²) in [6, 6.07) is 1.39. The normalized spacial score (nSPS) is 20.8. The molecular weight excluding hydrogens is 220 g/mol. The Labute approximate surface area is 115 Å². The molecule has 108 valence electrons. The molecule has 0 bridgehead atoms. The Balaban J connectivity index is 2.28. The Kier molecular flexibility index (Phi) is 7.25. The van der Waals surface area contributed by atoms with Crippen molar-refractivity contribution in [2.24, 2.45) is 11.8 Å². The van der Waals surface area contributed by atoms with Gasteiger partial charge in [-0.1, -0.05) is 27.7 Å². The molecule has 0 aliphatic carbocycles. The van der Waals surface area contributed by atoms with Crippen molar-refractivity contribution in [3.63, 3.8) is 0 Å². The SMILES string of the molecule is CC(C)CCC(C)NCC(C(C)C)N1CCCC1. The molecule has 1 aliphatic rings. The average Bonchev–Trinajstić information content (AvgIpc) is 2.79. The van der Waals surface area contributed by atoms with Gasteiger partial charge in [0.05, 0.1) is 0 Å². The highest BCUT2D eigenvalue weighted by molar-refractivity contribution is 4.81. The van der Waals surface area contributed by atoms with E-state index >= 15 is 0 Å². The van der Waals surface area contributed by atoms with E-state index in [1.165, 1.54) is 38.8 Å². The second-order valence-corrected chi connectivity index (χ2v) is 6.83. The number of likely N-dealkylation sites (tertiary alicyclic amines) is 1. The smallest absolute Gasteiger partial charge is 0.0243 e. The molecule has 0 radical (unpaired) electrons. The number of hydrogen-bond acceptors (Lipinski definition) is 2. The van der Waals surface area contributed by atoms with E-state index in [1.54, 1.807) is 0 Å². The fourth-order valence-electron chi connectivity index (χ4n) is 2.87. The van der Waals surface area contributed by atoms with Crippen LogP contribution in [0.4, 0.5) is 0 Å². The first-order valence-electron chi connectivity index (χ1n) is 7.98. The standard InChI is InChI=1S/C16H34N2/c1-13(2)8-9-15(5)17-12-16(14(3)4)18-10-6-7-11-18/h13-17H,6-12H2,1-5H3. The lowest BCUT2D eigenvalue weighted by molar-refractivity contribution is 0.181. The zero-order valence-electron chi connectivity index (χ0n) is 13.2. The lowest BCUT2D eigenvalue weighted by atomic mass is 10.0. The van der Waals surface area contributed by atoms with E-state index < -0.39 is 0 Å². The third-order valence-corrected chi connectivity index (χ3v) is 4.23. The summed E-state index contributed by atoms with van der Waals surface area (Å²) < 4.78 is 0. The van der Waals surface area contributed by atoms with Crippen molar-refractivity contribution < 1.29 is 0 Å². The molecule has 18 heavy (non-hydrogen) atoms. The highest BCUT2D eigenvalue weighted by Gasteiger charge is 2.24. The molecule has 0 aromatic carbocycles. The molecule has 0 aromatic heterocycles. The van der Waals surface area contributed by atoms with Gasteiger partial charge in [-0.15, -0.1) is 0 Å². The molecule has 1 rings (SSSR count). The van der Waals surface area contributed by atoms with E-state index in [0.717, 1.165) is 24.4 Å². The van der Waals surface area contributed by atoms with E-state index in [1.807, 2.05) is 0 Å². The number of rotatable bonds is 8. The average molecular weight is 254 g/mol. The van der Waals surface area contributed by atoms with Crippen molar-refractivity contribution in [1.29, 1.82) is 0 Å². The van der Waals surface area contributed by atoms with Crippen LogP contribution in [0.1, 0.15) is 60.3 Å². The first kappa shape index (κ1) is 16.0. The van der Waals surface area contributed by atoms with E-state index in [9.17, 15) is 0 Å². The minimum Gasteiger partial charge on any atom is -0.313 e. The van der Waals surface area contributed by atoms with Crippen molar-refractivity contribution in [2.45, 2.75) is 72.4 Å². The van der Waals surface area contributed by atoms with Crippen LogP contribution >= 0.6 is 0 Å². The van der Waals surface area contributed by atoms with E-state index in [4.69, 9.17) is 0 Å². The van der Waals surface area contributed by atoms with Gasteiger partial charge in [0.15, 0.2) is 0 Å². The van der Waals surface area contributed by atoms with Crippen molar-refractivity contribution in [2.75, 3.05) is 19.6 Å². The van der Waals surface area contributed by atoms with Crippen LogP contribution in [0, 0.1) is 11.8 Å². The molecule has 0 amide bonds. The summed E-state index contributed by atoms with van der Waals surface area (Å²) in [4.78, 5) is 2.69. The van der Waals surface area contributed by atoms with Gasteiger partial charge in [-0.3, -0.25) is 4.90 Å². The fraction of sp³-hybridized carbons (Fsp3) is 1.00. The predicted molar refractivity (Wildman–Crippen MR) is 81.0 cm³/mol. The van der Waals surface area contributed by atoms with Gasteiger partial charge in [-0.05, 0) is 57.5 Å². The fourth-order valence-corrected chi connectivity index (χ4v) is 2.87. The summed E-state index contributed by atoms with van der Waals surface area (Å²) in [7, 11) is 0. The summed E-state index contributed by atoms with van der Waals surface area (Å²) in [6.45, 7) is 15.5. The van der Waals surface area contributed by atoms with Crippen LogP contribution in [0.2, 0.25) is 0 Å². The number of nitrogens with one attached hydrogen (secondary N) is 1. The van der Waals surface area contributed by atoms with Crippen LogP contribution in [0.5, 0.6) is 0 Å². The highest BCUT2D eigenvalue weighted by Crippen LogP contribution is 2.17. The molecule has 2 heteroatoms. The van der Waals surface area contributed by atoms with Crippen LogP contribution in [0.15, 0.2) is 0 Å². The van der Waals surface area contributed by atoms with Crippen molar-refractivity contribution in [3.8, 4) is 0 Å². The summed E-state index contributed by atoms with van der Waals surface area (Å²) >= 11 is 0. The summed E-state index contributed by atoms with van der Waals surface area (Å²) in [5, 5.41) is 3.75. The molecule has 0 aromatic rings. The lowest BCUT2D eigenvalue weighted by Crippen LogP contribution is -2.46. The Bertz CT molecular complexity index is 207. The molecule has 0 saturated carbocycles. The van der Waals surface area contributed by atoms with Gasteiger partial charge in [-0.25, -0.2) is 0 Å². The monoisotopic (exact) mass is 254 g/mol. The van der Waals surface area contributed by atoms with Crippen LogP contribution < -0.4 is 5.32 Å². The first-order chi connectivity index (χ1) is 8.50. The second kappa shape index (κ2) is 8.16. The van der Waals surface area contributed by atoms with Gasteiger partial charge in [0.25, 0.3) is 0 Å². The summed E-state index contributed by atoms with van der Waals surface area (Å²) in [6.07, 6.45) is 5.44. The van der Waals surface area contributed by atoms with Crippen molar-refractivity contribution in [1.82, 2.24) is 10.2 Å². The zero-order valence-corrected chi connectivity index (χ0v) is 13.2. The highest BCUT2D eigenvalue weighted by atomic mass is 15.2. The third kappa shape index (κ3) is 5.71. The number of hydrogen-bond donors (Lipinski definition) is 1. The van der Waals surface area contributed by atoms with Crippen molar-refractivity contribution in [3.05, 3.63) is 0 Å². The largest absolute Gasteiger partial charge is 0.313 e. The van der Waals surface area contributed by atoms with Crippen LogP contribution in [-0.2, 0) is 0 Å². The Hall–Kier alpha value is -0.0800. The van der Waals surface area contributed by atoms with E-state index in [2.05, 4.69) is 44.8 Å². The molecule has 1 fully saturated rings. The number of nitrogens with zero attached hydrogens (tertiary/aromatic N) is 1. The molecule has 0 spiro atoms. The van der Waals surface area contributed by atoms with Gasteiger partial charge in [-0.2, -0.15) is 0 Å². The van der Waals surface area contributed by atoms with Gasteiger partial charge >= 0.3 is 0 Å². The predicted octanol–water partition coefficient (Wildman–Crippen LogP) is 3.52. The maximum Gasteiger partial charge on any atom is 0.0243 e. The molecule has 1 N–H and O–H groups in total. The Morgan fingerprint density at radius 3 is 2.06 bits per heavy atom. The molecule has 2 atom stereocenters. The van der Waals surface area contributed by atoms with Gasteiger partial charge in [0, 0.05) is 18.6 Å². The molecular formula is C16H34N2. The lowest BCUT2D eigenvalue weighted by Gasteiger charge is -2.32. The minimum atomic E-state index is 0.663. The topological polar surface area (TPSA) is 15.3 Å². The quantitative estimate of drug-likeness (QED) is 0.713. The molecule has 1 saturated heterocycles. The summed E-state index contributed by atoms with van der Waals surface area (Å²) in [5.74, 6) is 1.58. The zero-order chi connectivity index (χ0) is 13.5. The molecule has 1 heterocycles.